The fraction of sp³-hybridized carbons (Fsp3) is 0.600. The van der Waals surface area contributed by atoms with Gasteiger partial charge in [0.05, 0.1) is 13.3 Å². The normalized spacial score (nSPS) is 23.7. The zero-order valence-corrected chi connectivity index (χ0v) is 18.2. The third-order valence-corrected chi connectivity index (χ3v) is 5.25. The van der Waals surface area contributed by atoms with Gasteiger partial charge in [0, 0.05) is 25.2 Å². The van der Waals surface area contributed by atoms with Gasteiger partial charge in [-0.3, -0.25) is 9.59 Å². The van der Waals surface area contributed by atoms with E-state index in [1.54, 1.807) is 17.2 Å². The zero-order chi connectivity index (χ0) is 22.3. The molecule has 11 nitrogen and oxygen atoms in total. The van der Waals surface area contributed by atoms with Crippen LogP contribution < -0.4 is 20.8 Å². The molecule has 11 heteroatoms. The van der Waals surface area contributed by atoms with Crippen molar-refractivity contribution in [1.82, 2.24) is 30.6 Å². The summed E-state index contributed by atoms with van der Waals surface area (Å²) >= 11 is 0. The largest absolute Gasteiger partial charge is 0.494 e. The number of ether oxygens (including phenoxy) is 1. The van der Waals surface area contributed by atoms with E-state index < -0.39 is 18.0 Å². The van der Waals surface area contributed by atoms with Crippen molar-refractivity contribution in [2.45, 2.75) is 58.4 Å². The summed E-state index contributed by atoms with van der Waals surface area (Å²) in [6.07, 6.45) is 3.01. The molecule has 31 heavy (non-hydrogen) atoms. The summed E-state index contributed by atoms with van der Waals surface area (Å²) in [4.78, 5) is 35.8. The molecule has 0 bridgehead atoms. The number of rotatable bonds is 6. The second-order valence-electron chi connectivity index (χ2n) is 9.28. The van der Waals surface area contributed by atoms with Crippen LogP contribution >= 0.6 is 0 Å². The van der Waals surface area contributed by atoms with Crippen LogP contribution in [0.3, 0.4) is 0 Å². The van der Waals surface area contributed by atoms with Crippen molar-refractivity contribution in [3.63, 3.8) is 0 Å². The molecule has 2 aliphatic heterocycles. The van der Waals surface area contributed by atoms with Crippen molar-refractivity contribution < 1.29 is 19.4 Å². The molecule has 3 heterocycles. The van der Waals surface area contributed by atoms with E-state index in [2.05, 4.69) is 26.0 Å². The maximum Gasteiger partial charge on any atom is 0.318 e. The van der Waals surface area contributed by atoms with Crippen LogP contribution in [0.15, 0.2) is 23.7 Å². The van der Waals surface area contributed by atoms with E-state index in [4.69, 9.17) is 4.74 Å². The fourth-order valence-electron chi connectivity index (χ4n) is 3.75. The third kappa shape index (κ3) is 4.50. The Morgan fingerprint density at radius 1 is 1.39 bits per heavy atom. The molecule has 3 aliphatic rings. The number of aliphatic hydroxyl groups excluding tert-OH is 1. The molecule has 2 fully saturated rings. The molecule has 0 radical (unpaired) electrons. The van der Waals surface area contributed by atoms with Crippen molar-refractivity contribution in [1.29, 1.82) is 0 Å². The van der Waals surface area contributed by atoms with Gasteiger partial charge < -0.3 is 25.4 Å². The summed E-state index contributed by atoms with van der Waals surface area (Å²) in [7, 11) is 1.49. The van der Waals surface area contributed by atoms with Crippen molar-refractivity contribution in [3.8, 4) is 6.01 Å². The standard InChI is InChI=1S/C20H29N7O4/c1-20(2,3)10-26-14-9-13(23-12-7-8-21-19(24-12)31-4)25-27(14)18(30)15(17(26)29)16(28)22-11-5-6-11/h7-8,11,13-14,25,29H,5-6,9-10H2,1-4H3,(H,22,28)(H,21,23,24). The molecule has 2 amide bonds. The first-order chi connectivity index (χ1) is 14.7. The molecule has 168 valence electrons. The van der Waals surface area contributed by atoms with Gasteiger partial charge in [-0.25, -0.2) is 15.4 Å². The van der Waals surface area contributed by atoms with Crippen molar-refractivity contribution >= 4 is 17.6 Å². The molecule has 0 spiro atoms. The van der Waals surface area contributed by atoms with Crippen molar-refractivity contribution in [3.05, 3.63) is 23.7 Å². The molecule has 1 aliphatic carbocycles. The summed E-state index contributed by atoms with van der Waals surface area (Å²) in [5, 5.41) is 18.4. The van der Waals surface area contributed by atoms with Gasteiger partial charge in [-0.15, -0.1) is 0 Å². The van der Waals surface area contributed by atoms with Crippen LogP contribution in [0.5, 0.6) is 6.01 Å². The van der Waals surface area contributed by atoms with Crippen LogP contribution in [0.4, 0.5) is 5.82 Å². The maximum absolute atomic E-state index is 13.2. The van der Waals surface area contributed by atoms with Gasteiger partial charge in [0.2, 0.25) is 5.88 Å². The van der Waals surface area contributed by atoms with Gasteiger partial charge in [-0.2, -0.15) is 4.98 Å². The van der Waals surface area contributed by atoms with E-state index in [9.17, 15) is 14.7 Å². The smallest absolute Gasteiger partial charge is 0.318 e. The summed E-state index contributed by atoms with van der Waals surface area (Å²) in [5.74, 6) is -0.829. The molecule has 4 rings (SSSR count). The van der Waals surface area contributed by atoms with Gasteiger partial charge in [0.15, 0.2) is 5.57 Å². The highest BCUT2D eigenvalue weighted by molar-refractivity contribution is 6.19. The molecule has 1 aromatic heterocycles. The first kappa shape index (κ1) is 21.2. The lowest BCUT2D eigenvalue weighted by Gasteiger charge is -2.42. The number of fused-ring (bicyclic) bond motifs is 1. The topological polar surface area (TPSA) is 132 Å². The van der Waals surface area contributed by atoms with Crippen LogP contribution in [0, 0.1) is 5.41 Å². The monoisotopic (exact) mass is 431 g/mol. The Labute approximate surface area is 180 Å². The Hall–Kier alpha value is -3.08. The SMILES string of the molecule is COc1nccc(NC2CC3N(CC(C)(C)C)C(O)=C(C(=O)NC4CC4)C(=O)N3N2)n1. The number of carbonyl (C=O) groups is 2. The molecule has 1 aromatic rings. The third-order valence-electron chi connectivity index (χ3n) is 5.25. The van der Waals surface area contributed by atoms with Crippen LogP contribution in [0.1, 0.15) is 40.0 Å². The number of amides is 2. The van der Waals surface area contributed by atoms with Gasteiger partial charge in [-0.1, -0.05) is 20.8 Å². The average Bonchev–Trinajstić information content (AvgIpc) is 3.41. The Morgan fingerprint density at radius 3 is 2.77 bits per heavy atom. The summed E-state index contributed by atoms with van der Waals surface area (Å²) in [5.41, 5.74) is 2.71. The first-order valence-electron chi connectivity index (χ1n) is 10.4. The van der Waals surface area contributed by atoms with E-state index >= 15 is 0 Å². The molecular formula is C20H29N7O4. The number of hydrogen-bond acceptors (Lipinski definition) is 9. The summed E-state index contributed by atoms with van der Waals surface area (Å²) < 4.78 is 5.05. The van der Waals surface area contributed by atoms with Crippen LogP contribution in [-0.4, -0.2) is 68.8 Å². The highest BCUT2D eigenvalue weighted by Crippen LogP contribution is 2.33. The predicted molar refractivity (Wildman–Crippen MR) is 111 cm³/mol. The van der Waals surface area contributed by atoms with E-state index in [1.807, 2.05) is 20.8 Å². The minimum absolute atomic E-state index is 0.0723. The summed E-state index contributed by atoms with van der Waals surface area (Å²) in [6.45, 7) is 6.58. The maximum atomic E-state index is 13.2. The Kier molecular flexibility index (Phi) is 5.38. The molecule has 2 atom stereocenters. The number of nitrogens with one attached hydrogen (secondary N) is 3. The zero-order valence-electron chi connectivity index (χ0n) is 18.2. The number of carbonyl (C=O) groups excluding carboxylic acids is 2. The lowest BCUT2D eigenvalue weighted by atomic mass is 9.95. The lowest BCUT2D eigenvalue weighted by Crippen LogP contribution is -2.58. The van der Waals surface area contributed by atoms with Gasteiger partial charge in [0.25, 0.3) is 11.8 Å². The minimum Gasteiger partial charge on any atom is -0.494 e. The molecule has 1 saturated carbocycles. The van der Waals surface area contributed by atoms with Crippen molar-refractivity contribution in [2.24, 2.45) is 5.41 Å². The Balaban J connectivity index is 1.58. The minimum atomic E-state index is -0.546. The first-order valence-corrected chi connectivity index (χ1v) is 10.4. The number of nitrogens with zero attached hydrogens (tertiary/aromatic N) is 4. The number of aliphatic hydroxyl groups is 1. The highest BCUT2D eigenvalue weighted by Gasteiger charge is 2.49. The molecule has 1 saturated heterocycles. The number of anilines is 1. The number of hydrogen-bond donors (Lipinski definition) is 4. The van der Waals surface area contributed by atoms with Crippen LogP contribution in [-0.2, 0) is 9.59 Å². The van der Waals surface area contributed by atoms with E-state index in [-0.39, 0.29) is 35.1 Å². The van der Waals surface area contributed by atoms with Gasteiger partial charge >= 0.3 is 6.01 Å². The predicted octanol–water partition coefficient (Wildman–Crippen LogP) is 0.696. The van der Waals surface area contributed by atoms with E-state index in [0.29, 0.717) is 18.8 Å². The van der Waals surface area contributed by atoms with E-state index in [1.165, 1.54) is 12.1 Å². The number of hydrazine groups is 1. The second-order valence-corrected chi connectivity index (χ2v) is 9.28. The number of aromatic nitrogens is 2. The second kappa shape index (κ2) is 7.88. The highest BCUT2D eigenvalue weighted by atomic mass is 16.5. The Morgan fingerprint density at radius 2 is 2.13 bits per heavy atom. The lowest BCUT2D eigenvalue weighted by molar-refractivity contribution is -0.142. The average molecular weight is 431 g/mol. The summed E-state index contributed by atoms with van der Waals surface area (Å²) in [6, 6.07) is 1.99. The van der Waals surface area contributed by atoms with Gasteiger partial charge in [-0.05, 0) is 24.3 Å². The quantitative estimate of drug-likeness (QED) is 0.480. The van der Waals surface area contributed by atoms with Crippen LogP contribution in [0.25, 0.3) is 0 Å². The van der Waals surface area contributed by atoms with Crippen molar-refractivity contribution in [2.75, 3.05) is 19.0 Å². The molecular weight excluding hydrogens is 402 g/mol. The van der Waals surface area contributed by atoms with Gasteiger partial charge in [0.1, 0.15) is 12.0 Å². The molecule has 4 N–H and O–H groups in total. The fourth-order valence-corrected chi connectivity index (χ4v) is 3.75. The van der Waals surface area contributed by atoms with Crippen LogP contribution in [0.2, 0.25) is 0 Å². The molecule has 2 unspecified atom stereocenters. The number of methoxy groups -OCH3 is 1. The Bertz CT molecular complexity index is 909. The molecule has 0 aromatic carbocycles. The van der Waals surface area contributed by atoms with E-state index in [0.717, 1.165) is 12.8 Å².